The van der Waals surface area contributed by atoms with E-state index in [2.05, 4.69) is 4.98 Å². The van der Waals surface area contributed by atoms with E-state index in [9.17, 15) is 4.79 Å². The fourth-order valence-electron chi connectivity index (χ4n) is 3.30. The number of nitrogens with zero attached hydrogens (tertiary/aromatic N) is 2. The topological polar surface area (TPSA) is 60.9 Å². The van der Waals surface area contributed by atoms with Gasteiger partial charge in [-0.2, -0.15) is 0 Å². The molecule has 0 saturated carbocycles. The number of pyridine rings is 1. The number of aromatic nitrogens is 1. The molecular formula is C16H22N2O4. The lowest BCUT2D eigenvalue weighted by Gasteiger charge is -2.39. The van der Waals surface area contributed by atoms with Crippen LogP contribution in [0.15, 0.2) is 24.5 Å². The highest BCUT2D eigenvalue weighted by atomic mass is 16.6. The standard InChI is InChI=1S/C16H22N2O4/c1-20-11-15(19)18-7-3-5-16(12-18)8-14(10-21-16)22-13-4-2-6-17-9-13/h2,4,6,9,14H,3,5,7-8,10-12H2,1H3/t14-,16+/m1/s1. The van der Waals surface area contributed by atoms with Crippen molar-refractivity contribution in [1.82, 2.24) is 9.88 Å². The zero-order chi connectivity index (χ0) is 15.4. The van der Waals surface area contributed by atoms with Gasteiger partial charge in [-0.3, -0.25) is 9.78 Å². The van der Waals surface area contributed by atoms with Crippen LogP contribution in [0.5, 0.6) is 5.75 Å². The Labute approximate surface area is 130 Å². The number of likely N-dealkylation sites (tertiary alicyclic amines) is 1. The van der Waals surface area contributed by atoms with Crippen LogP contribution in [0.3, 0.4) is 0 Å². The molecule has 6 heteroatoms. The summed E-state index contributed by atoms with van der Waals surface area (Å²) in [7, 11) is 1.54. The number of ether oxygens (including phenoxy) is 3. The maximum atomic E-state index is 12.0. The third-order valence-electron chi connectivity index (χ3n) is 4.27. The second kappa shape index (κ2) is 6.62. The fraction of sp³-hybridized carbons (Fsp3) is 0.625. The lowest BCUT2D eigenvalue weighted by atomic mass is 9.89. The molecule has 1 spiro atoms. The highest BCUT2D eigenvalue weighted by Crippen LogP contribution is 2.36. The maximum Gasteiger partial charge on any atom is 0.248 e. The van der Waals surface area contributed by atoms with Gasteiger partial charge in [-0.25, -0.2) is 0 Å². The fourth-order valence-corrected chi connectivity index (χ4v) is 3.30. The van der Waals surface area contributed by atoms with E-state index in [0.717, 1.165) is 31.6 Å². The Kier molecular flexibility index (Phi) is 4.59. The van der Waals surface area contributed by atoms with Crippen LogP contribution in [-0.4, -0.2) is 60.9 Å². The smallest absolute Gasteiger partial charge is 0.248 e. The average Bonchev–Trinajstić information content (AvgIpc) is 2.90. The van der Waals surface area contributed by atoms with Crippen LogP contribution in [0.25, 0.3) is 0 Å². The second-order valence-electron chi connectivity index (χ2n) is 5.98. The summed E-state index contributed by atoms with van der Waals surface area (Å²) in [6.45, 7) is 2.09. The average molecular weight is 306 g/mol. The van der Waals surface area contributed by atoms with Crippen molar-refractivity contribution in [2.45, 2.75) is 31.0 Å². The number of hydrogen-bond donors (Lipinski definition) is 0. The summed E-state index contributed by atoms with van der Waals surface area (Å²) in [6, 6.07) is 3.75. The monoisotopic (exact) mass is 306 g/mol. The van der Waals surface area contributed by atoms with Gasteiger partial charge in [-0.15, -0.1) is 0 Å². The number of carbonyl (C=O) groups excluding carboxylic acids is 1. The molecule has 1 aromatic heterocycles. The Balaban J connectivity index is 1.59. The Morgan fingerprint density at radius 3 is 3.27 bits per heavy atom. The summed E-state index contributed by atoms with van der Waals surface area (Å²) < 4.78 is 16.9. The first-order valence-electron chi connectivity index (χ1n) is 7.68. The minimum absolute atomic E-state index is 0.0154. The molecule has 2 atom stereocenters. The second-order valence-corrected chi connectivity index (χ2v) is 5.98. The lowest BCUT2D eigenvalue weighted by Crippen LogP contribution is -2.51. The molecule has 0 aromatic carbocycles. The molecule has 2 aliphatic heterocycles. The molecule has 22 heavy (non-hydrogen) atoms. The summed E-state index contributed by atoms with van der Waals surface area (Å²) in [6.07, 6.45) is 6.17. The van der Waals surface area contributed by atoms with Gasteiger partial charge in [0.25, 0.3) is 0 Å². The van der Waals surface area contributed by atoms with Gasteiger partial charge in [0.2, 0.25) is 5.91 Å². The van der Waals surface area contributed by atoms with Gasteiger partial charge in [0.1, 0.15) is 18.5 Å². The summed E-state index contributed by atoms with van der Waals surface area (Å²) in [5.41, 5.74) is -0.269. The van der Waals surface area contributed by atoms with Crippen LogP contribution in [-0.2, 0) is 14.3 Å². The third kappa shape index (κ3) is 3.39. The Morgan fingerprint density at radius 1 is 1.59 bits per heavy atom. The predicted molar refractivity (Wildman–Crippen MR) is 79.6 cm³/mol. The van der Waals surface area contributed by atoms with E-state index in [4.69, 9.17) is 14.2 Å². The summed E-state index contributed by atoms with van der Waals surface area (Å²) >= 11 is 0. The third-order valence-corrected chi connectivity index (χ3v) is 4.27. The Hall–Kier alpha value is -1.66. The van der Waals surface area contributed by atoms with Crippen molar-refractivity contribution in [3.05, 3.63) is 24.5 Å². The van der Waals surface area contributed by atoms with E-state index < -0.39 is 0 Å². The molecule has 0 radical (unpaired) electrons. The first-order chi connectivity index (χ1) is 10.7. The Bertz CT molecular complexity index is 510. The normalized spacial score (nSPS) is 28.0. The molecule has 6 nitrogen and oxygen atoms in total. The van der Waals surface area contributed by atoms with Crippen LogP contribution in [0.1, 0.15) is 19.3 Å². The minimum atomic E-state index is -0.269. The van der Waals surface area contributed by atoms with Crippen LogP contribution < -0.4 is 4.74 Å². The first-order valence-corrected chi connectivity index (χ1v) is 7.68. The van der Waals surface area contributed by atoms with Crippen molar-refractivity contribution in [1.29, 1.82) is 0 Å². The molecule has 0 aliphatic carbocycles. The van der Waals surface area contributed by atoms with E-state index in [1.807, 2.05) is 17.0 Å². The van der Waals surface area contributed by atoms with Crippen molar-refractivity contribution >= 4 is 5.91 Å². The molecule has 3 rings (SSSR count). The van der Waals surface area contributed by atoms with E-state index in [-0.39, 0.29) is 24.2 Å². The van der Waals surface area contributed by atoms with E-state index in [1.54, 1.807) is 19.5 Å². The quantitative estimate of drug-likeness (QED) is 0.838. The van der Waals surface area contributed by atoms with Crippen LogP contribution in [0.2, 0.25) is 0 Å². The molecule has 3 heterocycles. The number of rotatable bonds is 4. The molecule has 2 fully saturated rings. The Morgan fingerprint density at radius 2 is 2.50 bits per heavy atom. The molecule has 0 N–H and O–H groups in total. The van der Waals surface area contributed by atoms with Gasteiger partial charge >= 0.3 is 0 Å². The highest BCUT2D eigenvalue weighted by molar-refractivity contribution is 5.77. The molecule has 1 amide bonds. The zero-order valence-electron chi connectivity index (χ0n) is 12.9. The van der Waals surface area contributed by atoms with Gasteiger partial charge in [-0.05, 0) is 25.0 Å². The molecule has 0 unspecified atom stereocenters. The number of hydrogen-bond acceptors (Lipinski definition) is 5. The van der Waals surface area contributed by atoms with Crippen molar-refractivity contribution in [3.8, 4) is 5.75 Å². The summed E-state index contributed by atoms with van der Waals surface area (Å²) in [5.74, 6) is 0.790. The number of carbonyl (C=O) groups is 1. The molecule has 120 valence electrons. The molecule has 2 aliphatic rings. The number of amides is 1. The predicted octanol–water partition coefficient (Wildman–Crippen LogP) is 1.26. The molecular weight excluding hydrogens is 284 g/mol. The van der Waals surface area contributed by atoms with Crippen molar-refractivity contribution < 1.29 is 19.0 Å². The first kappa shape index (κ1) is 15.2. The van der Waals surface area contributed by atoms with Gasteiger partial charge in [0, 0.05) is 32.8 Å². The van der Waals surface area contributed by atoms with Crippen LogP contribution >= 0.6 is 0 Å². The summed E-state index contributed by atoms with van der Waals surface area (Å²) in [4.78, 5) is 17.9. The van der Waals surface area contributed by atoms with Crippen molar-refractivity contribution in [3.63, 3.8) is 0 Å². The van der Waals surface area contributed by atoms with Gasteiger partial charge in [-0.1, -0.05) is 0 Å². The van der Waals surface area contributed by atoms with E-state index in [0.29, 0.717) is 13.2 Å². The minimum Gasteiger partial charge on any atom is -0.486 e. The van der Waals surface area contributed by atoms with E-state index in [1.165, 1.54) is 0 Å². The number of piperidine rings is 1. The van der Waals surface area contributed by atoms with Gasteiger partial charge < -0.3 is 19.1 Å². The maximum absolute atomic E-state index is 12.0. The SMILES string of the molecule is COCC(=O)N1CCC[C@]2(C[C@@H](Oc3cccnc3)CO2)C1. The highest BCUT2D eigenvalue weighted by Gasteiger charge is 2.45. The van der Waals surface area contributed by atoms with Crippen LogP contribution in [0.4, 0.5) is 0 Å². The number of methoxy groups -OCH3 is 1. The van der Waals surface area contributed by atoms with Crippen molar-refractivity contribution in [2.75, 3.05) is 33.4 Å². The lowest BCUT2D eigenvalue weighted by molar-refractivity contribution is -0.143. The van der Waals surface area contributed by atoms with Gasteiger partial charge in [0.15, 0.2) is 0 Å². The molecule has 2 saturated heterocycles. The molecule has 0 bridgehead atoms. The largest absolute Gasteiger partial charge is 0.486 e. The van der Waals surface area contributed by atoms with E-state index >= 15 is 0 Å². The van der Waals surface area contributed by atoms with Gasteiger partial charge in [0.05, 0.1) is 18.4 Å². The zero-order valence-corrected chi connectivity index (χ0v) is 12.9. The summed E-state index contributed by atoms with van der Waals surface area (Å²) in [5, 5.41) is 0. The van der Waals surface area contributed by atoms with Crippen LogP contribution in [0, 0.1) is 0 Å². The molecule has 1 aromatic rings. The van der Waals surface area contributed by atoms with Crippen molar-refractivity contribution in [2.24, 2.45) is 0 Å².